The van der Waals surface area contributed by atoms with Crippen molar-refractivity contribution in [2.75, 3.05) is 5.32 Å². The fraction of sp³-hybridized carbons (Fsp3) is 0.0139. The molecule has 0 spiro atoms. The molecule has 0 heterocycles. The lowest BCUT2D eigenvalue weighted by atomic mass is 9.85. The van der Waals surface area contributed by atoms with Gasteiger partial charge in [-0.15, -0.1) is 0 Å². The molecular formula is C72H54N2. The van der Waals surface area contributed by atoms with E-state index in [0.29, 0.717) is 0 Å². The topological polar surface area (TPSA) is 24.4 Å². The summed E-state index contributed by atoms with van der Waals surface area (Å²) < 4.78 is 0. The monoisotopic (exact) mass is 946 g/mol. The van der Waals surface area contributed by atoms with Crippen molar-refractivity contribution in [2.24, 2.45) is 4.99 Å². The molecular weight excluding hydrogens is 893 g/mol. The smallest absolute Gasteiger partial charge is 0.0935 e. The lowest BCUT2D eigenvalue weighted by Crippen LogP contribution is -2.02. The van der Waals surface area contributed by atoms with Crippen LogP contribution in [0.15, 0.2) is 273 Å². The first kappa shape index (κ1) is 46.7. The molecule has 0 amide bonds. The number of hydrogen-bond donors (Lipinski definition) is 1. The second-order valence-electron chi connectivity index (χ2n) is 18.5. The summed E-state index contributed by atoms with van der Waals surface area (Å²) in [5.74, 6) is 0. The molecule has 0 aliphatic heterocycles. The third kappa shape index (κ3) is 9.25. The molecule has 0 aromatic heterocycles. The Hall–Kier alpha value is -9.63. The highest BCUT2D eigenvalue weighted by molar-refractivity contribution is 6.21. The number of rotatable bonds is 11. The third-order valence-electron chi connectivity index (χ3n) is 14.1. The van der Waals surface area contributed by atoms with Crippen molar-refractivity contribution in [2.45, 2.75) is 6.92 Å². The van der Waals surface area contributed by atoms with Gasteiger partial charge >= 0.3 is 0 Å². The number of para-hydroxylation sites is 1. The van der Waals surface area contributed by atoms with Crippen LogP contribution in [0, 0.1) is 6.92 Å². The first-order valence-electron chi connectivity index (χ1n) is 25.1. The Morgan fingerprint density at radius 2 is 0.797 bits per heavy atom. The third-order valence-corrected chi connectivity index (χ3v) is 14.1. The molecule has 352 valence electrons. The van der Waals surface area contributed by atoms with E-state index in [1.54, 1.807) is 0 Å². The van der Waals surface area contributed by atoms with Gasteiger partial charge in [-0.3, -0.25) is 4.99 Å². The molecule has 0 saturated heterocycles. The van der Waals surface area contributed by atoms with Crippen molar-refractivity contribution < 1.29 is 0 Å². The summed E-state index contributed by atoms with van der Waals surface area (Å²) in [6.45, 7) is 14.1. The van der Waals surface area contributed by atoms with Gasteiger partial charge < -0.3 is 5.32 Å². The van der Waals surface area contributed by atoms with E-state index in [9.17, 15) is 0 Å². The molecule has 1 N–H and O–H groups in total. The number of anilines is 1. The zero-order valence-electron chi connectivity index (χ0n) is 41.5. The van der Waals surface area contributed by atoms with Gasteiger partial charge in [-0.1, -0.05) is 267 Å². The zero-order valence-corrected chi connectivity index (χ0v) is 41.5. The normalized spacial score (nSPS) is 11.4. The van der Waals surface area contributed by atoms with E-state index in [0.717, 1.165) is 39.3 Å². The van der Waals surface area contributed by atoms with Crippen molar-refractivity contribution in [1.82, 2.24) is 0 Å². The number of nitrogens with one attached hydrogen (secondary N) is 1. The maximum Gasteiger partial charge on any atom is 0.0935 e. The van der Waals surface area contributed by atoms with Crippen molar-refractivity contribution in [3.63, 3.8) is 0 Å². The maximum atomic E-state index is 4.57. The lowest BCUT2D eigenvalue weighted by molar-refractivity contribution is 1.46. The summed E-state index contributed by atoms with van der Waals surface area (Å²) in [5.41, 5.74) is 18.0. The van der Waals surface area contributed by atoms with E-state index >= 15 is 0 Å². The van der Waals surface area contributed by atoms with Gasteiger partial charge in [0.1, 0.15) is 0 Å². The van der Waals surface area contributed by atoms with Gasteiger partial charge in [-0.05, 0) is 131 Å². The first-order chi connectivity index (χ1) is 36.5. The fourth-order valence-corrected chi connectivity index (χ4v) is 10.4. The lowest BCUT2D eigenvalue weighted by Gasteiger charge is -2.18. The Morgan fingerprint density at radius 1 is 0.378 bits per heavy atom. The summed E-state index contributed by atoms with van der Waals surface area (Å²) in [4.78, 5) is 4.57. The quantitative estimate of drug-likeness (QED) is 0.0780. The van der Waals surface area contributed by atoms with Crippen LogP contribution in [0.1, 0.15) is 27.8 Å². The van der Waals surface area contributed by atoms with Crippen LogP contribution in [-0.4, -0.2) is 6.72 Å². The number of nitrogens with zero attached hydrogens (tertiary/aromatic N) is 1. The highest BCUT2D eigenvalue weighted by Gasteiger charge is 2.18. The molecule has 2 nitrogen and oxygen atoms in total. The zero-order chi connectivity index (χ0) is 50.4. The van der Waals surface area contributed by atoms with Gasteiger partial charge in [0.2, 0.25) is 0 Å². The minimum Gasteiger partial charge on any atom is -0.353 e. The fourth-order valence-electron chi connectivity index (χ4n) is 10.4. The molecule has 0 radical (unpaired) electrons. The Bertz CT molecular complexity index is 4000. The minimum atomic E-state index is 0.797. The molecule has 0 saturated carbocycles. The van der Waals surface area contributed by atoms with Crippen LogP contribution in [-0.2, 0) is 0 Å². The van der Waals surface area contributed by atoms with Crippen molar-refractivity contribution in [1.29, 1.82) is 0 Å². The van der Waals surface area contributed by atoms with Crippen molar-refractivity contribution in [3.05, 3.63) is 296 Å². The summed E-state index contributed by atoms with van der Waals surface area (Å²) in [6.07, 6.45) is 3.79. The van der Waals surface area contributed by atoms with Gasteiger partial charge in [0.25, 0.3) is 0 Å². The summed E-state index contributed by atoms with van der Waals surface area (Å²) in [6, 6.07) is 90.4. The van der Waals surface area contributed by atoms with Crippen molar-refractivity contribution >= 4 is 79.0 Å². The Kier molecular flexibility index (Phi) is 13.3. The van der Waals surface area contributed by atoms with Gasteiger partial charge in [0.05, 0.1) is 11.4 Å². The number of fused-ring (bicyclic) bond motifs is 4. The van der Waals surface area contributed by atoms with Crippen LogP contribution >= 0.6 is 0 Å². The van der Waals surface area contributed by atoms with Crippen LogP contribution in [0.25, 0.3) is 111 Å². The van der Waals surface area contributed by atoms with Crippen LogP contribution in [0.2, 0.25) is 0 Å². The molecule has 0 fully saturated rings. The van der Waals surface area contributed by atoms with E-state index in [1.807, 2.05) is 30.4 Å². The predicted molar refractivity (Wildman–Crippen MR) is 322 cm³/mol. The van der Waals surface area contributed by atoms with E-state index in [1.165, 1.54) is 93.2 Å². The second kappa shape index (κ2) is 21.0. The highest BCUT2D eigenvalue weighted by Crippen LogP contribution is 2.44. The molecule has 12 aromatic carbocycles. The van der Waals surface area contributed by atoms with Gasteiger partial charge in [-0.25, -0.2) is 0 Å². The maximum absolute atomic E-state index is 4.57. The molecule has 0 aliphatic rings. The van der Waals surface area contributed by atoms with Crippen molar-refractivity contribution in [3.8, 4) is 44.5 Å². The molecule has 12 aromatic rings. The Labute approximate surface area is 434 Å². The van der Waals surface area contributed by atoms with Crippen LogP contribution in [0.3, 0.4) is 0 Å². The van der Waals surface area contributed by atoms with Gasteiger partial charge in [0, 0.05) is 16.8 Å². The standard InChI is InChI=1S/C41H30N2.C31H24/c1-42-40(33-25-21-31(22-26-33)38-19-9-13-29-11-5-7-17-36(29)38)41(43-35-15-3-2-4-16-35)34-27-23-32(24-28-34)39-20-10-14-30-12-6-8-18-37(30)39;1-4-22-18-19-25(20-23(22)5-2)31-28-12-8-6-10-26(28)30(24-16-14-21(3)15-17-24)27-11-7-9-13-29(27)31/h2-28,43H,1H2;4-20H,1-2H2,3H3/b41-40-;. The van der Waals surface area contributed by atoms with E-state index in [-0.39, 0.29) is 0 Å². The minimum absolute atomic E-state index is 0.797. The molecule has 0 bridgehead atoms. The molecule has 0 atom stereocenters. The summed E-state index contributed by atoms with van der Waals surface area (Å²) in [5, 5.41) is 13.7. The number of aryl methyl sites for hydroxylation is 1. The Balaban J connectivity index is 0.000000168. The van der Waals surface area contributed by atoms with Crippen LogP contribution in [0.4, 0.5) is 5.69 Å². The first-order valence-corrected chi connectivity index (χ1v) is 25.1. The number of hydrogen-bond acceptors (Lipinski definition) is 2. The second-order valence-corrected chi connectivity index (χ2v) is 18.5. The SMILES string of the molecule is C=Cc1ccc(-c2c3ccccc3c(-c3ccc(C)cc3)c3ccccc23)cc1C=C.C=N/C(=C(\Nc1ccccc1)c1ccc(-c2cccc3ccccc23)cc1)c1ccc(-c2cccc3ccccc23)cc1. The average molecular weight is 947 g/mol. The average Bonchev–Trinajstić information content (AvgIpc) is 3.47. The van der Waals surface area contributed by atoms with Gasteiger partial charge in [-0.2, -0.15) is 0 Å². The largest absolute Gasteiger partial charge is 0.353 e. The molecule has 0 unspecified atom stereocenters. The summed E-state index contributed by atoms with van der Waals surface area (Å²) >= 11 is 0. The molecule has 74 heavy (non-hydrogen) atoms. The van der Waals surface area contributed by atoms with E-state index in [2.05, 4.69) is 274 Å². The number of aliphatic imine (C=N–C) groups is 1. The highest BCUT2D eigenvalue weighted by atomic mass is 14.9. The Morgan fingerprint density at radius 3 is 1.30 bits per heavy atom. The van der Waals surface area contributed by atoms with E-state index in [4.69, 9.17) is 0 Å². The van der Waals surface area contributed by atoms with Crippen LogP contribution in [0.5, 0.6) is 0 Å². The summed E-state index contributed by atoms with van der Waals surface area (Å²) in [7, 11) is 0. The molecule has 2 heteroatoms. The predicted octanol–water partition coefficient (Wildman–Crippen LogP) is 19.9. The molecule has 0 aliphatic carbocycles. The number of benzene rings is 12. The van der Waals surface area contributed by atoms with E-state index < -0.39 is 0 Å². The molecule has 12 rings (SSSR count). The van der Waals surface area contributed by atoms with Crippen LogP contribution < -0.4 is 5.32 Å². The van der Waals surface area contributed by atoms with Gasteiger partial charge in [0.15, 0.2) is 0 Å².